The molecule has 0 atom stereocenters. The molecular formula is C25H30N4O6S. The van der Waals surface area contributed by atoms with Crippen LogP contribution in [0, 0.1) is 5.41 Å². The first-order valence-corrected chi connectivity index (χ1v) is 13.7. The molecule has 0 radical (unpaired) electrons. The lowest BCUT2D eigenvalue weighted by molar-refractivity contribution is -0.120. The van der Waals surface area contributed by atoms with Crippen LogP contribution in [0.3, 0.4) is 0 Å². The van der Waals surface area contributed by atoms with Gasteiger partial charge in [0.2, 0.25) is 10.0 Å². The van der Waals surface area contributed by atoms with Gasteiger partial charge < -0.3 is 14.2 Å². The normalized spacial score (nSPS) is 17.4. The van der Waals surface area contributed by atoms with Crippen LogP contribution in [0.25, 0.3) is 16.7 Å². The van der Waals surface area contributed by atoms with E-state index in [4.69, 9.17) is 19.3 Å². The van der Waals surface area contributed by atoms with E-state index in [0.29, 0.717) is 31.2 Å². The minimum atomic E-state index is -3.90. The van der Waals surface area contributed by atoms with Crippen LogP contribution in [0.4, 0.5) is 0 Å². The number of sulfonamides is 1. The number of carbonyl (C=O) groups is 1. The van der Waals surface area contributed by atoms with Crippen molar-refractivity contribution in [2.75, 3.05) is 39.3 Å². The first-order valence-electron chi connectivity index (χ1n) is 12.0. The third-order valence-corrected chi connectivity index (χ3v) is 7.84. The number of methoxy groups -OCH3 is 1. The molecule has 36 heavy (non-hydrogen) atoms. The Morgan fingerprint density at radius 3 is 2.61 bits per heavy atom. The quantitative estimate of drug-likeness (QED) is 0.438. The second-order valence-corrected chi connectivity index (χ2v) is 11.6. The SMILES string of the molecule is COCCS(=O)(=O)NC(=O)c1cc(OCC2(C)COC2)c2c(C3CCC3)nn(-c3ccccc3)c2n1. The van der Waals surface area contributed by atoms with Gasteiger partial charge in [0.1, 0.15) is 11.4 Å². The van der Waals surface area contributed by atoms with E-state index >= 15 is 0 Å². The lowest BCUT2D eigenvalue weighted by Crippen LogP contribution is -2.44. The van der Waals surface area contributed by atoms with Gasteiger partial charge in [0.25, 0.3) is 5.91 Å². The summed E-state index contributed by atoms with van der Waals surface area (Å²) in [7, 11) is -2.50. The van der Waals surface area contributed by atoms with Crippen LogP contribution in [0.15, 0.2) is 36.4 Å². The molecule has 5 rings (SSSR count). The maximum absolute atomic E-state index is 13.0. The van der Waals surface area contributed by atoms with E-state index in [1.54, 1.807) is 4.68 Å². The van der Waals surface area contributed by atoms with Crippen LogP contribution < -0.4 is 9.46 Å². The van der Waals surface area contributed by atoms with Crippen LogP contribution in [0.2, 0.25) is 0 Å². The Morgan fingerprint density at radius 2 is 2.00 bits per heavy atom. The van der Waals surface area contributed by atoms with Gasteiger partial charge in [-0.15, -0.1) is 0 Å². The molecule has 3 heterocycles. The van der Waals surface area contributed by atoms with Gasteiger partial charge in [-0.3, -0.25) is 4.79 Å². The van der Waals surface area contributed by atoms with Crippen molar-refractivity contribution in [1.29, 1.82) is 0 Å². The van der Waals surface area contributed by atoms with E-state index < -0.39 is 15.9 Å². The summed E-state index contributed by atoms with van der Waals surface area (Å²) in [5, 5.41) is 5.68. The highest BCUT2D eigenvalue weighted by Gasteiger charge is 2.36. The van der Waals surface area contributed by atoms with Crippen molar-refractivity contribution in [3.8, 4) is 11.4 Å². The van der Waals surface area contributed by atoms with Crippen LogP contribution in [-0.4, -0.2) is 68.4 Å². The fourth-order valence-electron chi connectivity index (χ4n) is 4.28. The molecule has 0 unspecified atom stereocenters. The number of para-hydroxylation sites is 1. The molecule has 1 saturated heterocycles. The standard InChI is InChI=1S/C25H30N4O6S/c1-25(14-34-15-25)16-35-20-13-19(24(30)28-36(31,32)12-11-33-2)26-23-21(20)22(17-7-6-8-17)27-29(23)18-9-4-3-5-10-18/h3-5,9-10,13,17H,6-8,11-12,14-16H2,1-2H3,(H,28,30). The summed E-state index contributed by atoms with van der Waals surface area (Å²) in [6, 6.07) is 11.1. The summed E-state index contributed by atoms with van der Waals surface area (Å²) in [6.45, 7) is 3.61. The van der Waals surface area contributed by atoms with Crippen LogP contribution in [0.1, 0.15) is 48.3 Å². The maximum atomic E-state index is 13.0. The Kier molecular flexibility index (Phi) is 6.71. The summed E-state index contributed by atoms with van der Waals surface area (Å²) >= 11 is 0. The number of pyridine rings is 1. The Balaban J connectivity index is 1.61. The van der Waals surface area contributed by atoms with E-state index in [-0.39, 0.29) is 29.4 Å². The molecule has 11 heteroatoms. The fraction of sp³-hybridized carbons (Fsp3) is 0.480. The van der Waals surface area contributed by atoms with Crippen molar-refractivity contribution in [1.82, 2.24) is 19.5 Å². The first-order chi connectivity index (χ1) is 17.3. The first kappa shape index (κ1) is 24.7. The number of ether oxygens (including phenoxy) is 3. The molecule has 2 aliphatic rings. The average molecular weight is 515 g/mol. The van der Waals surface area contributed by atoms with Gasteiger partial charge in [-0.05, 0) is 25.0 Å². The number of rotatable bonds is 10. The third-order valence-electron chi connectivity index (χ3n) is 6.64. The predicted molar refractivity (Wildman–Crippen MR) is 133 cm³/mol. The van der Waals surface area contributed by atoms with E-state index in [1.807, 2.05) is 30.3 Å². The van der Waals surface area contributed by atoms with Crippen molar-refractivity contribution in [2.24, 2.45) is 5.41 Å². The zero-order valence-corrected chi connectivity index (χ0v) is 21.2. The summed E-state index contributed by atoms with van der Waals surface area (Å²) in [6.07, 6.45) is 3.17. The molecule has 3 aromatic rings. The van der Waals surface area contributed by atoms with Gasteiger partial charge in [-0.2, -0.15) is 5.10 Å². The molecule has 2 aromatic heterocycles. The topological polar surface area (TPSA) is 122 Å². The van der Waals surface area contributed by atoms with Crippen LogP contribution >= 0.6 is 0 Å². The van der Waals surface area contributed by atoms with E-state index in [1.165, 1.54) is 13.2 Å². The molecule has 1 aromatic carbocycles. The van der Waals surface area contributed by atoms with Crippen molar-refractivity contribution >= 4 is 27.0 Å². The average Bonchev–Trinajstić information content (AvgIpc) is 3.18. The third kappa shape index (κ3) is 4.95. The summed E-state index contributed by atoms with van der Waals surface area (Å²) in [4.78, 5) is 17.6. The van der Waals surface area contributed by atoms with Gasteiger partial charge in [0, 0.05) is 24.5 Å². The highest BCUT2D eigenvalue weighted by molar-refractivity contribution is 7.90. The summed E-state index contributed by atoms with van der Waals surface area (Å²) in [5.74, 6) is -0.426. The number of benzene rings is 1. The number of carbonyl (C=O) groups excluding carboxylic acids is 1. The maximum Gasteiger partial charge on any atom is 0.283 e. The Labute approximate surface area is 210 Å². The number of fused-ring (bicyclic) bond motifs is 1. The molecule has 1 amide bonds. The van der Waals surface area contributed by atoms with E-state index in [0.717, 1.165) is 36.0 Å². The number of nitrogens with zero attached hydrogens (tertiary/aromatic N) is 3. The summed E-state index contributed by atoms with van der Waals surface area (Å²) in [5.41, 5.74) is 1.93. The number of hydrogen-bond acceptors (Lipinski definition) is 8. The largest absolute Gasteiger partial charge is 0.492 e. The molecule has 1 aliphatic carbocycles. The predicted octanol–water partition coefficient (Wildman–Crippen LogP) is 2.81. The smallest absolute Gasteiger partial charge is 0.283 e. The Bertz CT molecular complexity index is 1360. The zero-order chi connectivity index (χ0) is 25.3. The lowest BCUT2D eigenvalue weighted by Gasteiger charge is -2.37. The minimum Gasteiger partial charge on any atom is -0.492 e. The number of aromatic nitrogens is 3. The molecule has 0 bridgehead atoms. The zero-order valence-electron chi connectivity index (χ0n) is 20.4. The van der Waals surface area contributed by atoms with Gasteiger partial charge in [-0.1, -0.05) is 31.5 Å². The van der Waals surface area contributed by atoms with Crippen LogP contribution in [-0.2, 0) is 19.5 Å². The number of nitrogens with one attached hydrogen (secondary N) is 1. The molecule has 1 N–H and O–H groups in total. The van der Waals surface area contributed by atoms with Gasteiger partial charge in [-0.25, -0.2) is 22.8 Å². The highest BCUT2D eigenvalue weighted by atomic mass is 32.2. The van der Waals surface area contributed by atoms with Crippen molar-refractivity contribution in [2.45, 2.75) is 32.1 Å². The molecule has 1 aliphatic heterocycles. The van der Waals surface area contributed by atoms with E-state index in [9.17, 15) is 13.2 Å². The fourth-order valence-corrected chi connectivity index (χ4v) is 5.15. The second-order valence-electron chi connectivity index (χ2n) is 9.80. The van der Waals surface area contributed by atoms with Gasteiger partial charge in [0.15, 0.2) is 5.65 Å². The summed E-state index contributed by atoms with van der Waals surface area (Å²) < 4.78 is 45.0. The van der Waals surface area contributed by atoms with Crippen LogP contribution in [0.5, 0.6) is 5.75 Å². The molecule has 10 nitrogen and oxygen atoms in total. The minimum absolute atomic E-state index is 0.0321. The Hall–Kier alpha value is -3.02. The highest BCUT2D eigenvalue weighted by Crippen LogP contribution is 2.43. The van der Waals surface area contributed by atoms with Crippen molar-refractivity contribution in [3.05, 3.63) is 47.8 Å². The second kappa shape index (κ2) is 9.79. The molecule has 2 fully saturated rings. The van der Waals surface area contributed by atoms with Gasteiger partial charge >= 0.3 is 0 Å². The Morgan fingerprint density at radius 1 is 1.25 bits per heavy atom. The van der Waals surface area contributed by atoms with Crippen molar-refractivity contribution < 1.29 is 27.4 Å². The van der Waals surface area contributed by atoms with Crippen molar-refractivity contribution in [3.63, 3.8) is 0 Å². The molecule has 192 valence electrons. The lowest BCUT2D eigenvalue weighted by atomic mass is 9.82. The monoisotopic (exact) mass is 514 g/mol. The number of hydrogen-bond donors (Lipinski definition) is 1. The molecular weight excluding hydrogens is 484 g/mol. The number of amides is 1. The van der Waals surface area contributed by atoms with E-state index in [2.05, 4.69) is 16.6 Å². The molecule has 0 spiro atoms. The molecule has 1 saturated carbocycles. The van der Waals surface area contributed by atoms with Gasteiger partial charge in [0.05, 0.1) is 48.9 Å².